The minimum atomic E-state index is -0.207. The van der Waals surface area contributed by atoms with Crippen LogP contribution in [0.2, 0.25) is 0 Å². The molecule has 1 aromatic heterocycles. The van der Waals surface area contributed by atoms with Gasteiger partial charge in [0.25, 0.3) is 0 Å². The maximum atomic E-state index is 12.4. The zero-order valence-corrected chi connectivity index (χ0v) is 15.0. The van der Waals surface area contributed by atoms with Crippen LogP contribution in [-0.2, 0) is 4.79 Å². The van der Waals surface area contributed by atoms with E-state index < -0.39 is 0 Å². The zero-order chi connectivity index (χ0) is 17.6. The summed E-state index contributed by atoms with van der Waals surface area (Å²) >= 11 is 1.53. The van der Waals surface area contributed by atoms with Gasteiger partial charge in [-0.05, 0) is 35.4 Å². The van der Waals surface area contributed by atoms with Crippen LogP contribution < -0.4 is 10.1 Å². The van der Waals surface area contributed by atoms with Gasteiger partial charge in [0.15, 0.2) is 5.16 Å². The summed E-state index contributed by atoms with van der Waals surface area (Å²) in [5, 5.41) is 12.5. The van der Waals surface area contributed by atoms with Gasteiger partial charge in [-0.25, -0.2) is 4.98 Å². The van der Waals surface area contributed by atoms with Gasteiger partial charge in [-0.2, -0.15) is 5.10 Å². The summed E-state index contributed by atoms with van der Waals surface area (Å²) in [5.41, 5.74) is 0.998. The molecule has 0 aliphatic rings. The molecule has 0 aliphatic carbocycles. The lowest BCUT2D eigenvalue weighted by molar-refractivity contribution is -0.122. The number of nitrogens with one attached hydrogen (secondary N) is 2. The van der Waals surface area contributed by atoms with E-state index in [1.807, 2.05) is 37.3 Å². The van der Waals surface area contributed by atoms with Crippen molar-refractivity contribution in [1.29, 1.82) is 0 Å². The molecule has 1 amide bonds. The number of aromatic nitrogens is 3. The van der Waals surface area contributed by atoms with Crippen LogP contribution in [0.1, 0.15) is 18.4 Å². The highest BCUT2D eigenvalue weighted by molar-refractivity contribution is 7.99. The monoisotopic (exact) mass is 356 g/mol. The second-order valence-corrected chi connectivity index (χ2v) is 6.71. The third kappa shape index (κ3) is 4.30. The van der Waals surface area contributed by atoms with E-state index >= 15 is 0 Å². The number of H-pyrrole nitrogens is 1. The van der Waals surface area contributed by atoms with Gasteiger partial charge in [-0.1, -0.05) is 36.0 Å². The second kappa shape index (κ2) is 8.02. The Morgan fingerprint density at radius 3 is 2.84 bits per heavy atom. The number of rotatable bonds is 7. The number of aromatic amines is 1. The number of fused-ring (bicyclic) bond motifs is 1. The highest BCUT2D eigenvalue weighted by atomic mass is 32.2. The van der Waals surface area contributed by atoms with Crippen LogP contribution in [0.4, 0.5) is 0 Å². The molecule has 0 saturated carbocycles. The van der Waals surface area contributed by atoms with E-state index in [0.29, 0.717) is 6.54 Å². The predicted molar refractivity (Wildman–Crippen MR) is 99.0 cm³/mol. The van der Waals surface area contributed by atoms with Gasteiger partial charge in [0.05, 0.1) is 13.0 Å². The van der Waals surface area contributed by atoms with E-state index in [0.717, 1.165) is 33.0 Å². The summed E-state index contributed by atoms with van der Waals surface area (Å²) in [4.78, 5) is 16.4. The number of ether oxygens (including phenoxy) is 1. The van der Waals surface area contributed by atoms with E-state index in [2.05, 4.69) is 26.6 Å². The third-order valence-corrected chi connectivity index (χ3v) is 4.88. The second-order valence-electron chi connectivity index (χ2n) is 5.62. The summed E-state index contributed by atoms with van der Waals surface area (Å²) in [6.45, 7) is 2.50. The Labute approximate surface area is 150 Å². The van der Waals surface area contributed by atoms with Crippen LogP contribution in [0.25, 0.3) is 10.8 Å². The first-order valence-electron chi connectivity index (χ1n) is 8.01. The maximum Gasteiger partial charge on any atom is 0.227 e. The molecule has 0 radical (unpaired) electrons. The topological polar surface area (TPSA) is 79.9 Å². The van der Waals surface area contributed by atoms with E-state index in [9.17, 15) is 4.79 Å². The number of thioether (sulfide) groups is 1. The molecule has 1 heterocycles. The number of methoxy groups -OCH3 is 1. The summed E-state index contributed by atoms with van der Waals surface area (Å²) in [7, 11) is 1.66. The predicted octanol–water partition coefficient (Wildman–Crippen LogP) is 2.98. The molecule has 25 heavy (non-hydrogen) atoms. The SMILES string of the molecule is COc1ccc2cc(C(C)C(=O)NCCSc3ncn[nH]3)ccc2c1. The molecular formula is C18H20N4O2S. The lowest BCUT2D eigenvalue weighted by atomic mass is 9.97. The lowest BCUT2D eigenvalue weighted by Gasteiger charge is -2.13. The molecule has 2 aromatic carbocycles. The number of carbonyl (C=O) groups is 1. The van der Waals surface area contributed by atoms with Gasteiger partial charge >= 0.3 is 0 Å². The molecule has 0 aliphatic heterocycles. The fourth-order valence-corrected chi connectivity index (χ4v) is 3.17. The zero-order valence-electron chi connectivity index (χ0n) is 14.2. The summed E-state index contributed by atoms with van der Waals surface area (Å²) < 4.78 is 5.24. The molecule has 0 spiro atoms. The van der Waals surface area contributed by atoms with Crippen LogP contribution in [0.15, 0.2) is 47.9 Å². The quantitative estimate of drug-likeness (QED) is 0.502. The Bertz CT molecular complexity index is 851. The minimum absolute atomic E-state index is 0.0195. The largest absolute Gasteiger partial charge is 0.497 e. The normalized spacial score (nSPS) is 12.1. The fourth-order valence-electron chi connectivity index (χ4n) is 2.53. The molecule has 130 valence electrons. The first kappa shape index (κ1) is 17.3. The van der Waals surface area contributed by atoms with E-state index in [1.165, 1.54) is 18.1 Å². The first-order valence-corrected chi connectivity index (χ1v) is 8.99. The van der Waals surface area contributed by atoms with Gasteiger partial charge in [-0.3, -0.25) is 9.89 Å². The molecule has 3 rings (SSSR count). The highest BCUT2D eigenvalue weighted by Gasteiger charge is 2.15. The number of benzene rings is 2. The average Bonchev–Trinajstić information content (AvgIpc) is 3.17. The van der Waals surface area contributed by atoms with Crippen LogP contribution in [-0.4, -0.2) is 40.5 Å². The van der Waals surface area contributed by atoms with Crippen molar-refractivity contribution in [3.05, 3.63) is 48.3 Å². The van der Waals surface area contributed by atoms with Gasteiger partial charge in [0.1, 0.15) is 12.1 Å². The van der Waals surface area contributed by atoms with Crippen molar-refractivity contribution >= 4 is 28.4 Å². The molecule has 3 aromatic rings. The van der Waals surface area contributed by atoms with Crippen molar-refractivity contribution in [1.82, 2.24) is 20.5 Å². The molecule has 0 saturated heterocycles. The third-order valence-electron chi connectivity index (χ3n) is 4.00. The number of carbonyl (C=O) groups excluding carboxylic acids is 1. The van der Waals surface area contributed by atoms with Crippen LogP contribution in [0, 0.1) is 0 Å². The van der Waals surface area contributed by atoms with Gasteiger partial charge in [-0.15, -0.1) is 0 Å². The van der Waals surface area contributed by atoms with Crippen molar-refractivity contribution in [3.63, 3.8) is 0 Å². The summed E-state index contributed by atoms with van der Waals surface area (Å²) in [5.74, 6) is 1.38. The van der Waals surface area contributed by atoms with Gasteiger partial charge in [0.2, 0.25) is 5.91 Å². The van der Waals surface area contributed by atoms with Gasteiger partial charge in [0, 0.05) is 12.3 Å². The van der Waals surface area contributed by atoms with Crippen LogP contribution in [0.3, 0.4) is 0 Å². The molecule has 2 N–H and O–H groups in total. The molecular weight excluding hydrogens is 336 g/mol. The molecule has 6 nitrogen and oxygen atoms in total. The molecule has 1 atom stereocenters. The average molecular weight is 356 g/mol. The summed E-state index contributed by atoms with van der Waals surface area (Å²) in [6, 6.07) is 12.0. The minimum Gasteiger partial charge on any atom is -0.497 e. The van der Waals surface area contributed by atoms with Gasteiger partial charge < -0.3 is 10.1 Å². The van der Waals surface area contributed by atoms with Crippen LogP contribution in [0.5, 0.6) is 5.75 Å². The molecule has 1 unspecified atom stereocenters. The Hall–Kier alpha value is -2.54. The molecule has 0 fully saturated rings. The Kier molecular flexibility index (Phi) is 5.55. The van der Waals surface area contributed by atoms with Crippen molar-refractivity contribution < 1.29 is 9.53 Å². The number of nitrogens with zero attached hydrogens (tertiary/aromatic N) is 2. The van der Waals surface area contributed by atoms with Crippen molar-refractivity contribution in [2.75, 3.05) is 19.4 Å². The lowest BCUT2D eigenvalue weighted by Crippen LogP contribution is -2.29. The number of hydrogen-bond donors (Lipinski definition) is 2. The number of amides is 1. The first-order chi connectivity index (χ1) is 12.2. The van der Waals surface area contributed by atoms with Crippen LogP contribution >= 0.6 is 11.8 Å². The Morgan fingerprint density at radius 2 is 2.08 bits per heavy atom. The van der Waals surface area contributed by atoms with Crippen molar-refractivity contribution in [2.45, 2.75) is 18.0 Å². The Morgan fingerprint density at radius 1 is 1.28 bits per heavy atom. The van der Waals surface area contributed by atoms with E-state index in [4.69, 9.17) is 4.74 Å². The van der Waals surface area contributed by atoms with Crippen molar-refractivity contribution in [2.24, 2.45) is 0 Å². The standard InChI is InChI=1S/C18H20N4O2S/c1-12(17(23)19-7-8-25-18-20-11-21-22-18)13-3-4-15-10-16(24-2)6-5-14(15)9-13/h3-6,9-12H,7-8H2,1-2H3,(H,19,23)(H,20,21,22). The van der Waals surface area contributed by atoms with E-state index in [1.54, 1.807) is 7.11 Å². The fraction of sp³-hybridized carbons (Fsp3) is 0.278. The highest BCUT2D eigenvalue weighted by Crippen LogP contribution is 2.25. The smallest absolute Gasteiger partial charge is 0.227 e. The summed E-state index contributed by atoms with van der Waals surface area (Å²) in [6.07, 6.45) is 1.47. The molecule has 7 heteroatoms. The Balaban J connectivity index is 1.58. The maximum absolute atomic E-state index is 12.4. The number of hydrogen-bond acceptors (Lipinski definition) is 5. The molecule has 0 bridgehead atoms. The van der Waals surface area contributed by atoms with Crippen molar-refractivity contribution in [3.8, 4) is 5.75 Å². The van der Waals surface area contributed by atoms with E-state index in [-0.39, 0.29) is 11.8 Å².